The molecule has 74 valence electrons. The Balaban J connectivity index is 3.83. The Labute approximate surface area is 77.3 Å². The van der Waals surface area contributed by atoms with Crippen LogP contribution in [0, 0.1) is 0 Å². The molecule has 0 heterocycles. The third-order valence-corrected chi connectivity index (χ3v) is 3.75. The van der Waals surface area contributed by atoms with Gasteiger partial charge in [0.1, 0.15) is 0 Å². The first-order chi connectivity index (χ1) is 5.49. The van der Waals surface area contributed by atoms with Crippen LogP contribution in [0.15, 0.2) is 0 Å². The summed E-state index contributed by atoms with van der Waals surface area (Å²) in [5, 5.41) is 2.61. The summed E-state index contributed by atoms with van der Waals surface area (Å²) in [6.07, 6.45) is 2.72. The van der Waals surface area contributed by atoms with Crippen LogP contribution in [0.4, 0.5) is 0 Å². The summed E-state index contributed by atoms with van der Waals surface area (Å²) in [4.78, 5) is 0. The predicted octanol–water partition coefficient (Wildman–Crippen LogP) is 1.26. The lowest BCUT2D eigenvalue weighted by molar-refractivity contribution is 0.502. The molecule has 0 aliphatic rings. The Kier molecular flexibility index (Phi) is 5.90. The molecule has 6 heteroatoms. The topological polar surface area (TPSA) is 66.4 Å². The standard InChI is InChI=1S/C6H15NO3S2/c1-3-4-5-6(7-2)11-12(8,9)10/h6-7H,3-5H2,1-2H3,(H,8,9,10). The van der Waals surface area contributed by atoms with E-state index in [1.165, 1.54) is 0 Å². The van der Waals surface area contributed by atoms with Gasteiger partial charge in [-0.3, -0.25) is 4.55 Å². The molecule has 0 aromatic carbocycles. The smallest absolute Gasteiger partial charge is 0.307 e. The van der Waals surface area contributed by atoms with Crippen LogP contribution >= 0.6 is 10.8 Å². The summed E-state index contributed by atoms with van der Waals surface area (Å²) in [7, 11) is -1.67. The van der Waals surface area contributed by atoms with Crippen molar-refractivity contribution in [3.05, 3.63) is 0 Å². The summed E-state index contributed by atoms with van der Waals surface area (Å²) in [6, 6.07) is 0. The van der Waals surface area contributed by atoms with Crippen LogP contribution < -0.4 is 5.32 Å². The average Bonchev–Trinajstić information content (AvgIpc) is 1.95. The summed E-state index contributed by atoms with van der Waals surface area (Å²) >= 11 is 0. The lowest BCUT2D eigenvalue weighted by Gasteiger charge is -2.11. The van der Waals surface area contributed by atoms with Gasteiger partial charge in [-0.1, -0.05) is 19.8 Å². The van der Waals surface area contributed by atoms with Crippen molar-refractivity contribution in [2.75, 3.05) is 7.05 Å². The maximum absolute atomic E-state index is 10.4. The van der Waals surface area contributed by atoms with Crippen molar-refractivity contribution in [2.24, 2.45) is 0 Å². The summed E-state index contributed by atoms with van der Waals surface area (Å²) in [5.74, 6) is 0. The molecule has 0 bridgehead atoms. The van der Waals surface area contributed by atoms with Gasteiger partial charge in [-0.2, -0.15) is 8.42 Å². The Hall–Kier alpha value is 0.220. The second kappa shape index (κ2) is 5.80. The minimum Gasteiger partial charge on any atom is -0.307 e. The van der Waals surface area contributed by atoms with Crippen LogP contribution in [0.5, 0.6) is 0 Å². The highest BCUT2D eigenvalue weighted by molar-refractivity contribution is 8.70. The van der Waals surface area contributed by atoms with Crippen molar-refractivity contribution in [3.63, 3.8) is 0 Å². The fraction of sp³-hybridized carbons (Fsp3) is 1.00. The maximum Gasteiger partial charge on any atom is 0.321 e. The Morgan fingerprint density at radius 3 is 2.50 bits per heavy atom. The van der Waals surface area contributed by atoms with E-state index in [9.17, 15) is 8.42 Å². The number of hydrogen-bond acceptors (Lipinski definition) is 4. The first-order valence-electron chi connectivity index (χ1n) is 3.82. The fourth-order valence-electron chi connectivity index (χ4n) is 0.777. The molecule has 12 heavy (non-hydrogen) atoms. The highest BCUT2D eigenvalue weighted by Gasteiger charge is 2.14. The van der Waals surface area contributed by atoms with E-state index >= 15 is 0 Å². The van der Waals surface area contributed by atoms with Crippen LogP contribution in [0.1, 0.15) is 26.2 Å². The molecule has 0 aliphatic heterocycles. The molecule has 0 saturated heterocycles. The van der Waals surface area contributed by atoms with Crippen LogP contribution in [0.3, 0.4) is 0 Å². The molecular weight excluding hydrogens is 198 g/mol. The lowest BCUT2D eigenvalue weighted by atomic mass is 10.2. The van der Waals surface area contributed by atoms with E-state index in [2.05, 4.69) is 5.32 Å². The van der Waals surface area contributed by atoms with Crippen molar-refractivity contribution in [2.45, 2.75) is 31.6 Å². The molecule has 1 atom stereocenters. The van der Waals surface area contributed by atoms with Crippen molar-refractivity contribution < 1.29 is 13.0 Å². The number of hydrogen-bond donors (Lipinski definition) is 2. The third kappa shape index (κ3) is 6.90. The third-order valence-electron chi connectivity index (χ3n) is 1.38. The van der Waals surface area contributed by atoms with Gasteiger partial charge >= 0.3 is 9.15 Å². The summed E-state index contributed by atoms with van der Waals surface area (Å²) in [5.41, 5.74) is 0. The molecule has 0 fully saturated rings. The quantitative estimate of drug-likeness (QED) is 0.395. The Bertz CT molecular complexity index is 203. The molecule has 0 saturated carbocycles. The van der Waals surface area contributed by atoms with E-state index in [0.29, 0.717) is 10.8 Å². The van der Waals surface area contributed by atoms with Crippen LogP contribution in [0.2, 0.25) is 0 Å². The van der Waals surface area contributed by atoms with Gasteiger partial charge in [0, 0.05) is 10.8 Å². The van der Waals surface area contributed by atoms with Crippen LogP contribution in [0.25, 0.3) is 0 Å². The largest absolute Gasteiger partial charge is 0.321 e. The molecule has 0 rings (SSSR count). The fourth-order valence-corrected chi connectivity index (χ4v) is 2.89. The predicted molar refractivity (Wildman–Crippen MR) is 51.5 cm³/mol. The molecule has 0 spiro atoms. The van der Waals surface area contributed by atoms with E-state index < -0.39 is 9.15 Å². The van der Waals surface area contributed by atoms with Crippen molar-refractivity contribution in [1.29, 1.82) is 0 Å². The second-order valence-electron chi connectivity index (χ2n) is 2.44. The molecule has 0 radical (unpaired) electrons. The second-order valence-corrected chi connectivity index (χ2v) is 5.90. The van der Waals surface area contributed by atoms with Crippen molar-refractivity contribution in [3.8, 4) is 0 Å². The van der Waals surface area contributed by atoms with Gasteiger partial charge in [-0.15, -0.1) is 0 Å². The van der Waals surface area contributed by atoms with Crippen molar-refractivity contribution >= 4 is 19.9 Å². The maximum atomic E-state index is 10.4. The normalized spacial score (nSPS) is 14.6. The van der Waals surface area contributed by atoms with E-state index in [1.807, 2.05) is 6.92 Å². The van der Waals surface area contributed by atoms with Gasteiger partial charge in [0.05, 0.1) is 5.37 Å². The molecule has 0 amide bonds. The zero-order valence-electron chi connectivity index (χ0n) is 7.28. The summed E-state index contributed by atoms with van der Waals surface area (Å²) < 4.78 is 29.4. The number of nitrogens with one attached hydrogen (secondary N) is 1. The van der Waals surface area contributed by atoms with E-state index in [0.717, 1.165) is 19.3 Å². The van der Waals surface area contributed by atoms with Crippen LogP contribution in [-0.4, -0.2) is 25.4 Å². The van der Waals surface area contributed by atoms with E-state index in [1.54, 1.807) is 7.05 Å². The van der Waals surface area contributed by atoms with E-state index in [4.69, 9.17) is 4.55 Å². The summed E-state index contributed by atoms with van der Waals surface area (Å²) in [6.45, 7) is 2.03. The minimum atomic E-state index is -3.91. The number of unbranched alkanes of at least 4 members (excludes halogenated alkanes) is 1. The van der Waals surface area contributed by atoms with Gasteiger partial charge in [-0.25, -0.2) is 0 Å². The van der Waals surface area contributed by atoms with Gasteiger partial charge in [0.25, 0.3) is 0 Å². The van der Waals surface area contributed by atoms with Gasteiger partial charge < -0.3 is 5.32 Å². The molecule has 4 nitrogen and oxygen atoms in total. The highest BCUT2D eigenvalue weighted by atomic mass is 33.1. The number of rotatable bonds is 6. The highest BCUT2D eigenvalue weighted by Crippen LogP contribution is 2.19. The van der Waals surface area contributed by atoms with Gasteiger partial charge in [-0.05, 0) is 13.5 Å². The molecule has 2 N–H and O–H groups in total. The zero-order chi connectivity index (χ0) is 9.61. The van der Waals surface area contributed by atoms with Gasteiger partial charge in [0.15, 0.2) is 0 Å². The molecule has 0 aromatic rings. The lowest BCUT2D eigenvalue weighted by Crippen LogP contribution is -2.22. The molecule has 1 unspecified atom stereocenters. The molecular formula is C6H15NO3S2. The molecule has 0 aromatic heterocycles. The average molecular weight is 213 g/mol. The zero-order valence-corrected chi connectivity index (χ0v) is 8.91. The molecule has 0 aliphatic carbocycles. The van der Waals surface area contributed by atoms with Crippen molar-refractivity contribution in [1.82, 2.24) is 5.32 Å². The monoisotopic (exact) mass is 213 g/mol. The first-order valence-corrected chi connectivity index (χ1v) is 6.66. The first kappa shape index (κ1) is 12.2. The van der Waals surface area contributed by atoms with Gasteiger partial charge in [0.2, 0.25) is 0 Å². The van der Waals surface area contributed by atoms with Crippen LogP contribution in [-0.2, 0) is 9.15 Å². The Morgan fingerprint density at radius 2 is 2.17 bits per heavy atom. The minimum absolute atomic E-state index is 0.208. The Morgan fingerprint density at radius 1 is 1.58 bits per heavy atom. The SMILES string of the molecule is CCCCC(NC)SS(=O)(=O)O. The van der Waals surface area contributed by atoms with E-state index in [-0.39, 0.29) is 5.37 Å².